The van der Waals surface area contributed by atoms with Crippen LogP contribution in [0.3, 0.4) is 0 Å². The molecule has 1 saturated carbocycles. The highest BCUT2D eigenvalue weighted by Gasteiger charge is 2.38. The summed E-state index contributed by atoms with van der Waals surface area (Å²) in [6.07, 6.45) is 9.63. The van der Waals surface area contributed by atoms with Gasteiger partial charge in [-0.25, -0.2) is 0 Å². The van der Waals surface area contributed by atoms with E-state index in [0.717, 1.165) is 25.2 Å². The molecule has 1 heterocycles. The van der Waals surface area contributed by atoms with E-state index < -0.39 is 0 Å². The molecule has 0 radical (unpaired) electrons. The summed E-state index contributed by atoms with van der Waals surface area (Å²) in [7, 11) is 0. The highest BCUT2D eigenvalue weighted by atomic mass is 16.2. The maximum Gasteiger partial charge on any atom is 0.237 e. The molecule has 3 aliphatic rings. The summed E-state index contributed by atoms with van der Waals surface area (Å²) in [4.78, 5) is 12.7. The Morgan fingerprint density at radius 3 is 2.86 bits per heavy atom. The van der Waals surface area contributed by atoms with Gasteiger partial charge in [0.1, 0.15) is 0 Å². The Kier molecular flexibility index (Phi) is 3.91. The van der Waals surface area contributed by atoms with Crippen LogP contribution in [0.25, 0.3) is 0 Å². The van der Waals surface area contributed by atoms with Crippen LogP contribution in [-0.2, 0) is 11.2 Å². The second-order valence-electron chi connectivity index (χ2n) is 7.26. The molecule has 22 heavy (non-hydrogen) atoms. The van der Waals surface area contributed by atoms with Crippen LogP contribution in [0.1, 0.15) is 62.1 Å². The number of rotatable bonds is 2. The Balaban J connectivity index is 1.43. The van der Waals surface area contributed by atoms with Crippen molar-refractivity contribution in [1.82, 2.24) is 10.6 Å². The zero-order chi connectivity index (χ0) is 14.9. The van der Waals surface area contributed by atoms with E-state index in [9.17, 15) is 4.79 Å². The van der Waals surface area contributed by atoms with E-state index in [2.05, 4.69) is 34.9 Å². The largest absolute Gasteiger partial charge is 0.348 e. The number of carbonyl (C=O) groups excluding carboxylic acids is 1. The molecule has 1 aromatic rings. The maximum absolute atomic E-state index is 12.7. The third-order valence-corrected chi connectivity index (χ3v) is 5.87. The molecule has 0 spiro atoms. The summed E-state index contributed by atoms with van der Waals surface area (Å²) in [5.41, 5.74) is 2.74. The molecule has 0 bridgehead atoms. The minimum atomic E-state index is 0.0298. The van der Waals surface area contributed by atoms with Crippen molar-refractivity contribution in [2.45, 2.75) is 69.5 Å². The molecule has 4 unspecified atom stereocenters. The zero-order valence-corrected chi connectivity index (χ0v) is 13.2. The summed E-state index contributed by atoms with van der Waals surface area (Å²) >= 11 is 0. The van der Waals surface area contributed by atoms with Crippen LogP contribution >= 0.6 is 0 Å². The Morgan fingerprint density at radius 1 is 1.09 bits per heavy atom. The molecule has 1 amide bonds. The first kappa shape index (κ1) is 14.3. The fourth-order valence-electron chi connectivity index (χ4n) is 4.70. The van der Waals surface area contributed by atoms with E-state index >= 15 is 0 Å². The molecule has 118 valence electrons. The lowest BCUT2D eigenvalue weighted by Crippen LogP contribution is -2.44. The minimum absolute atomic E-state index is 0.0298. The van der Waals surface area contributed by atoms with Crippen molar-refractivity contribution in [2.24, 2.45) is 5.92 Å². The molecule has 1 aromatic carbocycles. The molecule has 4 rings (SSSR count). The molecule has 2 aliphatic carbocycles. The van der Waals surface area contributed by atoms with Crippen LogP contribution in [0.15, 0.2) is 24.3 Å². The quantitative estimate of drug-likeness (QED) is 0.881. The van der Waals surface area contributed by atoms with Gasteiger partial charge in [0.2, 0.25) is 5.91 Å². The SMILES string of the molecule is O=C(NC1CCCc2ccccc21)C1CC2CCCCC2N1. The van der Waals surface area contributed by atoms with Gasteiger partial charge in [-0.15, -0.1) is 0 Å². The Bertz CT molecular complexity index is 542. The van der Waals surface area contributed by atoms with Gasteiger partial charge in [0.05, 0.1) is 12.1 Å². The second-order valence-corrected chi connectivity index (χ2v) is 7.26. The standard InChI is InChI=1S/C19H26N2O/c22-19(18-12-14-7-2-4-10-16(14)20-18)21-17-11-5-8-13-6-1-3-9-15(13)17/h1,3,6,9,14,16-18,20H,2,4-5,7-8,10-12H2,(H,21,22). The normalized spacial score (nSPS) is 33.8. The van der Waals surface area contributed by atoms with Crippen LogP contribution < -0.4 is 10.6 Å². The molecule has 2 N–H and O–H groups in total. The molecule has 2 fully saturated rings. The molecule has 3 nitrogen and oxygen atoms in total. The van der Waals surface area contributed by atoms with E-state index in [1.54, 1.807) is 0 Å². The van der Waals surface area contributed by atoms with Gasteiger partial charge < -0.3 is 10.6 Å². The number of hydrogen-bond acceptors (Lipinski definition) is 2. The van der Waals surface area contributed by atoms with E-state index in [-0.39, 0.29) is 18.0 Å². The maximum atomic E-state index is 12.7. The molecular formula is C19H26N2O. The van der Waals surface area contributed by atoms with Crippen molar-refractivity contribution < 1.29 is 4.79 Å². The summed E-state index contributed by atoms with van der Waals surface area (Å²) in [6.45, 7) is 0. The molecule has 3 heteroatoms. The lowest BCUT2D eigenvalue weighted by Gasteiger charge is -2.27. The van der Waals surface area contributed by atoms with Gasteiger partial charge in [0.25, 0.3) is 0 Å². The fourth-order valence-corrected chi connectivity index (χ4v) is 4.70. The highest BCUT2D eigenvalue weighted by Crippen LogP contribution is 2.34. The fraction of sp³-hybridized carbons (Fsp3) is 0.632. The lowest BCUT2D eigenvalue weighted by atomic mass is 9.85. The van der Waals surface area contributed by atoms with E-state index in [1.165, 1.54) is 43.2 Å². The molecular weight excluding hydrogens is 272 g/mol. The van der Waals surface area contributed by atoms with Crippen LogP contribution in [0.2, 0.25) is 0 Å². The zero-order valence-electron chi connectivity index (χ0n) is 13.2. The lowest BCUT2D eigenvalue weighted by molar-refractivity contribution is -0.123. The number of fused-ring (bicyclic) bond motifs is 2. The summed E-state index contributed by atoms with van der Waals surface area (Å²) < 4.78 is 0. The predicted octanol–water partition coefficient (Wildman–Crippen LogP) is 3.10. The summed E-state index contributed by atoms with van der Waals surface area (Å²) in [6, 6.07) is 9.40. The molecule has 1 aliphatic heterocycles. The van der Waals surface area contributed by atoms with E-state index in [1.807, 2.05) is 0 Å². The Hall–Kier alpha value is -1.35. The van der Waals surface area contributed by atoms with Crippen LogP contribution in [-0.4, -0.2) is 18.0 Å². The number of benzene rings is 1. The van der Waals surface area contributed by atoms with Gasteiger partial charge in [-0.2, -0.15) is 0 Å². The average Bonchev–Trinajstić information content (AvgIpc) is 2.99. The van der Waals surface area contributed by atoms with Crippen molar-refractivity contribution in [3.8, 4) is 0 Å². The summed E-state index contributed by atoms with van der Waals surface area (Å²) in [5.74, 6) is 0.944. The number of hydrogen-bond donors (Lipinski definition) is 2. The first-order valence-corrected chi connectivity index (χ1v) is 8.95. The van der Waals surface area contributed by atoms with E-state index in [4.69, 9.17) is 0 Å². The monoisotopic (exact) mass is 298 g/mol. The second kappa shape index (κ2) is 6.04. The van der Waals surface area contributed by atoms with Gasteiger partial charge in [0, 0.05) is 6.04 Å². The van der Waals surface area contributed by atoms with Crippen LogP contribution in [0.4, 0.5) is 0 Å². The van der Waals surface area contributed by atoms with Crippen molar-refractivity contribution in [3.63, 3.8) is 0 Å². The molecule has 4 atom stereocenters. The van der Waals surface area contributed by atoms with Crippen molar-refractivity contribution >= 4 is 5.91 Å². The van der Waals surface area contributed by atoms with Gasteiger partial charge in [0.15, 0.2) is 0 Å². The topological polar surface area (TPSA) is 41.1 Å². The van der Waals surface area contributed by atoms with Crippen LogP contribution in [0, 0.1) is 5.92 Å². The van der Waals surface area contributed by atoms with Crippen molar-refractivity contribution in [1.29, 1.82) is 0 Å². The van der Waals surface area contributed by atoms with Gasteiger partial charge >= 0.3 is 0 Å². The van der Waals surface area contributed by atoms with Gasteiger partial charge in [-0.3, -0.25) is 4.79 Å². The first-order valence-electron chi connectivity index (χ1n) is 8.95. The Labute approximate surface area is 132 Å². The first-order chi connectivity index (χ1) is 10.8. The van der Waals surface area contributed by atoms with E-state index in [0.29, 0.717) is 6.04 Å². The molecule has 0 aromatic heterocycles. The number of nitrogens with one attached hydrogen (secondary N) is 2. The number of carbonyl (C=O) groups is 1. The average molecular weight is 298 g/mol. The Morgan fingerprint density at radius 2 is 1.95 bits per heavy atom. The van der Waals surface area contributed by atoms with Crippen LogP contribution in [0.5, 0.6) is 0 Å². The van der Waals surface area contributed by atoms with Crippen molar-refractivity contribution in [2.75, 3.05) is 0 Å². The van der Waals surface area contributed by atoms with Gasteiger partial charge in [-0.1, -0.05) is 37.1 Å². The van der Waals surface area contributed by atoms with Crippen molar-refractivity contribution in [3.05, 3.63) is 35.4 Å². The minimum Gasteiger partial charge on any atom is -0.348 e. The molecule has 1 saturated heterocycles. The third-order valence-electron chi connectivity index (χ3n) is 5.87. The smallest absolute Gasteiger partial charge is 0.237 e. The predicted molar refractivity (Wildman–Crippen MR) is 87.6 cm³/mol. The third kappa shape index (κ3) is 2.67. The van der Waals surface area contributed by atoms with Gasteiger partial charge in [-0.05, 0) is 55.6 Å². The number of amides is 1. The summed E-state index contributed by atoms with van der Waals surface area (Å²) in [5, 5.41) is 6.92. The number of aryl methyl sites for hydroxylation is 1. The highest BCUT2D eigenvalue weighted by molar-refractivity contribution is 5.82.